The Labute approximate surface area is 226 Å². The van der Waals surface area contributed by atoms with Crippen LogP contribution in [0.25, 0.3) is 0 Å². The molecule has 0 N–H and O–H groups in total. The molecule has 1 unspecified atom stereocenters. The van der Waals surface area contributed by atoms with Crippen molar-refractivity contribution in [1.29, 1.82) is 5.26 Å². The Morgan fingerprint density at radius 1 is 0.821 bits per heavy atom. The molecule has 1 saturated carbocycles. The highest BCUT2D eigenvalue weighted by Crippen LogP contribution is 2.44. The van der Waals surface area contributed by atoms with Crippen LogP contribution < -0.4 is 0 Å². The van der Waals surface area contributed by atoms with Gasteiger partial charge in [0.1, 0.15) is 35.2 Å². The van der Waals surface area contributed by atoms with Gasteiger partial charge in [-0.15, -0.1) is 0 Å². The largest absolute Gasteiger partial charge is 0.207 e. The molecule has 0 heterocycles. The quantitative estimate of drug-likeness (QED) is 0.288. The summed E-state index contributed by atoms with van der Waals surface area (Å²) in [6.45, 7) is 1.85. The molecule has 0 amide bonds. The molecule has 0 radical (unpaired) electrons. The molecule has 2 aliphatic rings. The maximum Gasteiger partial charge on any atom is 0.141 e. The minimum Gasteiger partial charge on any atom is -0.207 e. The third kappa shape index (κ3) is 5.60. The van der Waals surface area contributed by atoms with Gasteiger partial charge in [-0.1, -0.05) is 13.0 Å². The summed E-state index contributed by atoms with van der Waals surface area (Å²) in [5.74, 6) is -2.57. The molecule has 1 atom stereocenters. The van der Waals surface area contributed by atoms with E-state index in [9.17, 15) is 13.2 Å². The lowest BCUT2D eigenvalue weighted by Gasteiger charge is -2.32. The summed E-state index contributed by atoms with van der Waals surface area (Å²) in [7, 11) is 0. The van der Waals surface area contributed by atoms with Gasteiger partial charge in [-0.3, -0.25) is 0 Å². The first kappa shape index (κ1) is 27.4. The summed E-state index contributed by atoms with van der Waals surface area (Å²) in [5, 5.41) is 8.95. The number of hydrogen-bond donors (Lipinski definition) is 0. The lowest BCUT2D eigenvalue weighted by Crippen LogP contribution is -2.21. The van der Waals surface area contributed by atoms with E-state index in [1.807, 2.05) is 13.0 Å². The Balaban J connectivity index is 1.25. The van der Waals surface area contributed by atoms with Crippen molar-refractivity contribution in [2.75, 3.05) is 0 Å². The first-order valence-electron chi connectivity index (χ1n) is 13.9. The monoisotopic (exact) mass is 537 g/mol. The molecule has 2 aliphatic carbocycles. The highest BCUT2D eigenvalue weighted by Gasteiger charge is 2.32. The lowest BCUT2D eigenvalue weighted by atomic mass is 9.74. The van der Waals surface area contributed by atoms with E-state index in [1.54, 1.807) is 6.07 Å². The van der Waals surface area contributed by atoms with E-state index >= 15 is 8.78 Å². The third-order valence-corrected chi connectivity index (χ3v) is 8.89. The second-order valence-corrected chi connectivity index (χ2v) is 11.2. The van der Waals surface area contributed by atoms with Gasteiger partial charge >= 0.3 is 0 Å². The summed E-state index contributed by atoms with van der Waals surface area (Å²) in [4.78, 5) is 0. The number of rotatable bonds is 6. The number of benzene rings is 3. The number of nitriles is 1. The zero-order chi connectivity index (χ0) is 27.7. The molecule has 3 aromatic carbocycles. The van der Waals surface area contributed by atoms with Crippen LogP contribution in [-0.4, -0.2) is 0 Å². The second kappa shape index (κ2) is 11.5. The molecule has 3 aromatic rings. The average Bonchev–Trinajstić information content (AvgIpc) is 2.92. The molecule has 0 aliphatic heterocycles. The van der Waals surface area contributed by atoms with Crippen LogP contribution in [0.15, 0.2) is 36.4 Å². The number of fused-ring (bicyclic) bond motifs is 1. The van der Waals surface area contributed by atoms with Crippen molar-refractivity contribution < 1.29 is 22.0 Å². The first-order chi connectivity index (χ1) is 18.8. The van der Waals surface area contributed by atoms with E-state index in [0.29, 0.717) is 74.5 Å². The van der Waals surface area contributed by atoms with Crippen LogP contribution >= 0.6 is 0 Å². The smallest absolute Gasteiger partial charge is 0.141 e. The SMILES string of the molecule is CCc1cc(F)c(CCC2CCc3c(cc(F)c(C4CCC(c5ccc(C#N)c(F)c5)CC4)c3F)C2)c(F)c1. The predicted molar refractivity (Wildman–Crippen MR) is 141 cm³/mol. The van der Waals surface area contributed by atoms with Crippen molar-refractivity contribution in [3.63, 3.8) is 0 Å². The fourth-order valence-electron chi connectivity index (χ4n) is 6.60. The van der Waals surface area contributed by atoms with Crippen LogP contribution in [0, 0.1) is 46.3 Å². The van der Waals surface area contributed by atoms with E-state index in [0.717, 1.165) is 5.56 Å². The number of aryl methyl sites for hydroxylation is 1. The Bertz CT molecular complexity index is 1390. The van der Waals surface area contributed by atoms with Crippen LogP contribution in [0.1, 0.15) is 96.2 Å². The summed E-state index contributed by atoms with van der Waals surface area (Å²) >= 11 is 0. The average molecular weight is 538 g/mol. The lowest BCUT2D eigenvalue weighted by molar-refractivity contribution is 0.368. The van der Waals surface area contributed by atoms with Crippen LogP contribution in [0.3, 0.4) is 0 Å². The third-order valence-electron chi connectivity index (χ3n) is 8.89. The zero-order valence-corrected chi connectivity index (χ0v) is 22.1. The van der Waals surface area contributed by atoms with Crippen molar-refractivity contribution in [3.8, 4) is 6.07 Å². The number of hydrogen-bond acceptors (Lipinski definition) is 1. The fourth-order valence-corrected chi connectivity index (χ4v) is 6.60. The van der Waals surface area contributed by atoms with Crippen LogP contribution in [-0.2, 0) is 25.7 Å². The molecule has 6 heteroatoms. The topological polar surface area (TPSA) is 23.8 Å². The van der Waals surface area contributed by atoms with Gasteiger partial charge in [-0.25, -0.2) is 22.0 Å². The van der Waals surface area contributed by atoms with Gasteiger partial charge in [0.2, 0.25) is 0 Å². The highest BCUT2D eigenvalue weighted by atomic mass is 19.1. The van der Waals surface area contributed by atoms with E-state index in [1.165, 1.54) is 30.3 Å². The Kier molecular flexibility index (Phi) is 8.07. The van der Waals surface area contributed by atoms with Crippen LogP contribution in [0.2, 0.25) is 0 Å². The minimum absolute atomic E-state index is 0.0119. The number of halogens is 5. The van der Waals surface area contributed by atoms with Crippen molar-refractivity contribution >= 4 is 0 Å². The molecular weight excluding hydrogens is 505 g/mol. The summed E-state index contributed by atoms with van der Waals surface area (Å²) < 4.78 is 73.9. The van der Waals surface area contributed by atoms with Crippen molar-refractivity contribution in [1.82, 2.24) is 0 Å². The highest BCUT2D eigenvalue weighted by molar-refractivity contribution is 5.40. The molecule has 1 nitrogen and oxygen atoms in total. The van der Waals surface area contributed by atoms with Crippen LogP contribution in [0.5, 0.6) is 0 Å². The maximum atomic E-state index is 15.7. The van der Waals surface area contributed by atoms with E-state index in [2.05, 4.69) is 0 Å². The molecule has 39 heavy (non-hydrogen) atoms. The number of nitrogens with zero attached hydrogens (tertiary/aromatic N) is 1. The molecule has 0 bridgehead atoms. The Morgan fingerprint density at radius 2 is 1.51 bits per heavy atom. The van der Waals surface area contributed by atoms with Gasteiger partial charge < -0.3 is 0 Å². The molecule has 0 saturated heterocycles. The normalized spacial score (nSPS) is 20.9. The fraction of sp³-hybridized carbons (Fsp3) is 0.424. The summed E-state index contributed by atoms with van der Waals surface area (Å²) in [5.41, 5.74) is 2.94. The van der Waals surface area contributed by atoms with Crippen molar-refractivity contribution in [2.45, 2.75) is 83.0 Å². The van der Waals surface area contributed by atoms with Crippen molar-refractivity contribution in [3.05, 3.63) is 104 Å². The Hall–Kier alpha value is -3.20. The molecule has 1 fully saturated rings. The molecular formula is C33H32F5N. The zero-order valence-electron chi connectivity index (χ0n) is 22.1. The molecule has 0 spiro atoms. The van der Waals surface area contributed by atoms with Gasteiger partial charge in [0.15, 0.2) is 0 Å². The van der Waals surface area contributed by atoms with Gasteiger partial charge in [-0.05, 0) is 135 Å². The molecule has 204 valence electrons. The second-order valence-electron chi connectivity index (χ2n) is 11.2. The van der Waals surface area contributed by atoms with Gasteiger partial charge in [0.25, 0.3) is 0 Å². The summed E-state index contributed by atoms with van der Waals surface area (Å²) in [6.07, 6.45) is 5.66. The Morgan fingerprint density at radius 3 is 2.15 bits per heavy atom. The van der Waals surface area contributed by atoms with Gasteiger partial charge in [-0.2, -0.15) is 5.26 Å². The molecule has 5 rings (SSSR count). The van der Waals surface area contributed by atoms with Crippen LogP contribution in [0.4, 0.5) is 22.0 Å². The molecule has 0 aromatic heterocycles. The predicted octanol–water partition coefficient (Wildman–Crippen LogP) is 9.00. The maximum absolute atomic E-state index is 15.7. The minimum atomic E-state index is -0.535. The van der Waals surface area contributed by atoms with Gasteiger partial charge in [0, 0.05) is 11.1 Å². The van der Waals surface area contributed by atoms with Crippen molar-refractivity contribution in [2.24, 2.45) is 5.92 Å². The first-order valence-corrected chi connectivity index (χ1v) is 13.9. The van der Waals surface area contributed by atoms with Gasteiger partial charge in [0.05, 0.1) is 5.56 Å². The van der Waals surface area contributed by atoms with E-state index < -0.39 is 29.1 Å². The van der Waals surface area contributed by atoms with E-state index in [-0.39, 0.29) is 40.9 Å². The standard InChI is InChI=1S/C33H32F5N/c1-2-19-14-29(35)27(30(36)15-19)12-4-20-3-11-26-25(13-20)17-31(37)32(33(26)38)22-7-5-21(6-8-22)23-9-10-24(18-39)28(34)16-23/h9-10,14-17,20-22H,2-8,11-13H2,1H3. The summed E-state index contributed by atoms with van der Waals surface area (Å²) in [6, 6.07) is 10.7. The van der Waals surface area contributed by atoms with E-state index in [4.69, 9.17) is 5.26 Å².